The summed E-state index contributed by atoms with van der Waals surface area (Å²) >= 11 is 3.48. The molecule has 0 saturated heterocycles. The van der Waals surface area contributed by atoms with Gasteiger partial charge in [-0.1, -0.05) is 58.4 Å². The Kier molecular flexibility index (Phi) is 4.23. The molecule has 0 aliphatic heterocycles. The van der Waals surface area contributed by atoms with E-state index in [0.717, 1.165) is 10.4 Å². The van der Waals surface area contributed by atoms with E-state index in [4.69, 9.17) is 0 Å². The van der Waals surface area contributed by atoms with Gasteiger partial charge in [0.25, 0.3) is 0 Å². The zero-order chi connectivity index (χ0) is 13.9. The van der Waals surface area contributed by atoms with Gasteiger partial charge >= 0.3 is 0 Å². The van der Waals surface area contributed by atoms with Crippen molar-refractivity contribution in [2.45, 2.75) is 37.8 Å². The van der Waals surface area contributed by atoms with Gasteiger partial charge in [0, 0.05) is 16.6 Å². The van der Waals surface area contributed by atoms with E-state index in [1.807, 2.05) is 0 Å². The lowest BCUT2D eigenvalue weighted by Crippen LogP contribution is -2.41. The molecule has 3 rings (SSSR count). The third kappa shape index (κ3) is 3.13. The minimum atomic E-state index is 0.421. The Labute approximate surface area is 129 Å². The summed E-state index contributed by atoms with van der Waals surface area (Å²) in [4.78, 5) is 0. The number of rotatable bonds is 4. The highest BCUT2D eigenvalue weighted by atomic mass is 79.9. The maximum atomic E-state index is 3.74. The first-order valence-electron chi connectivity index (χ1n) is 7.29. The molecule has 104 valence electrons. The minimum absolute atomic E-state index is 0.421. The van der Waals surface area contributed by atoms with Crippen molar-refractivity contribution in [3.8, 4) is 0 Å². The molecule has 0 spiro atoms. The minimum Gasteiger partial charge on any atom is -0.307 e. The van der Waals surface area contributed by atoms with Crippen LogP contribution in [0.15, 0.2) is 59.1 Å². The van der Waals surface area contributed by atoms with E-state index < -0.39 is 0 Å². The topological polar surface area (TPSA) is 12.0 Å². The molecule has 2 aromatic rings. The van der Waals surface area contributed by atoms with Crippen molar-refractivity contribution >= 4 is 15.9 Å². The number of hydrogen-bond donors (Lipinski definition) is 1. The summed E-state index contributed by atoms with van der Waals surface area (Å²) in [5, 5.41) is 3.74. The summed E-state index contributed by atoms with van der Waals surface area (Å²) in [6.45, 7) is 2.25. The number of benzene rings is 2. The highest BCUT2D eigenvalue weighted by molar-refractivity contribution is 9.10. The zero-order valence-electron chi connectivity index (χ0n) is 11.7. The van der Waals surface area contributed by atoms with Crippen LogP contribution in [0.25, 0.3) is 0 Å². The van der Waals surface area contributed by atoms with E-state index >= 15 is 0 Å². The highest BCUT2D eigenvalue weighted by Gasteiger charge is 2.30. The van der Waals surface area contributed by atoms with E-state index in [9.17, 15) is 0 Å². The lowest BCUT2D eigenvalue weighted by atomic mass is 9.75. The largest absolute Gasteiger partial charge is 0.307 e. The summed E-state index contributed by atoms with van der Waals surface area (Å²) in [6, 6.07) is 20.5. The van der Waals surface area contributed by atoms with Gasteiger partial charge in [-0.3, -0.25) is 0 Å². The fourth-order valence-corrected chi connectivity index (χ4v) is 3.22. The molecule has 1 atom stereocenters. The van der Waals surface area contributed by atoms with Crippen LogP contribution in [0.3, 0.4) is 0 Å². The molecule has 20 heavy (non-hydrogen) atoms. The Morgan fingerprint density at radius 3 is 2.30 bits per heavy atom. The molecule has 1 nitrogen and oxygen atoms in total. The summed E-state index contributed by atoms with van der Waals surface area (Å²) < 4.78 is 1.14. The summed E-state index contributed by atoms with van der Waals surface area (Å²) in [6.07, 6.45) is 2.51. The standard InChI is InChI=1S/C18H20BrN/c1-13(14-7-9-17(19)10-8-14)20-18-11-16(12-18)15-5-3-2-4-6-15/h2-10,13,16,18,20H,11-12H2,1H3. The van der Waals surface area contributed by atoms with Crippen molar-refractivity contribution in [1.82, 2.24) is 5.32 Å². The van der Waals surface area contributed by atoms with Crippen LogP contribution >= 0.6 is 15.9 Å². The SMILES string of the molecule is CC(NC1CC(c2ccccc2)C1)c1ccc(Br)cc1. The Bertz CT molecular complexity index is 543. The van der Waals surface area contributed by atoms with E-state index in [1.54, 1.807) is 0 Å². The molecular formula is C18H20BrN. The van der Waals surface area contributed by atoms with Crippen molar-refractivity contribution in [1.29, 1.82) is 0 Å². The normalized spacial score (nSPS) is 23.1. The second-order valence-electron chi connectivity index (χ2n) is 5.72. The molecule has 1 saturated carbocycles. The van der Waals surface area contributed by atoms with Gasteiger partial charge in [0.05, 0.1) is 0 Å². The average Bonchev–Trinajstić information content (AvgIpc) is 2.44. The Hall–Kier alpha value is -1.12. The lowest BCUT2D eigenvalue weighted by Gasteiger charge is -2.38. The monoisotopic (exact) mass is 329 g/mol. The predicted molar refractivity (Wildman–Crippen MR) is 87.9 cm³/mol. The number of nitrogens with one attached hydrogen (secondary N) is 1. The van der Waals surface area contributed by atoms with E-state index in [1.165, 1.54) is 24.0 Å². The van der Waals surface area contributed by atoms with Gasteiger partial charge in [-0.05, 0) is 48.9 Å². The van der Waals surface area contributed by atoms with Crippen LogP contribution in [0.4, 0.5) is 0 Å². The molecule has 0 heterocycles. The second kappa shape index (κ2) is 6.11. The molecule has 1 N–H and O–H groups in total. The zero-order valence-corrected chi connectivity index (χ0v) is 13.3. The van der Waals surface area contributed by atoms with Crippen LogP contribution in [-0.4, -0.2) is 6.04 Å². The van der Waals surface area contributed by atoms with E-state index in [2.05, 4.69) is 82.8 Å². The maximum Gasteiger partial charge on any atom is 0.0294 e. The van der Waals surface area contributed by atoms with Gasteiger partial charge in [-0.15, -0.1) is 0 Å². The van der Waals surface area contributed by atoms with E-state index in [-0.39, 0.29) is 0 Å². The van der Waals surface area contributed by atoms with Gasteiger partial charge in [0.15, 0.2) is 0 Å². The van der Waals surface area contributed by atoms with Crippen LogP contribution in [-0.2, 0) is 0 Å². The summed E-state index contributed by atoms with van der Waals surface area (Å²) in [5.74, 6) is 0.741. The summed E-state index contributed by atoms with van der Waals surface area (Å²) in [7, 11) is 0. The fraction of sp³-hybridized carbons (Fsp3) is 0.333. The smallest absolute Gasteiger partial charge is 0.0294 e. The van der Waals surface area contributed by atoms with Crippen LogP contribution in [0.1, 0.15) is 42.9 Å². The first-order chi connectivity index (χ1) is 9.72. The third-order valence-electron chi connectivity index (χ3n) is 4.26. The van der Waals surface area contributed by atoms with Crippen molar-refractivity contribution in [2.24, 2.45) is 0 Å². The van der Waals surface area contributed by atoms with Crippen molar-refractivity contribution in [3.05, 3.63) is 70.2 Å². The molecule has 0 bridgehead atoms. The molecule has 2 heteroatoms. The van der Waals surface area contributed by atoms with Gasteiger partial charge in [0.1, 0.15) is 0 Å². The molecule has 0 aromatic heterocycles. The van der Waals surface area contributed by atoms with Crippen LogP contribution in [0.2, 0.25) is 0 Å². The molecule has 0 amide bonds. The molecule has 2 aromatic carbocycles. The lowest BCUT2D eigenvalue weighted by molar-refractivity contribution is 0.271. The van der Waals surface area contributed by atoms with Gasteiger partial charge in [-0.2, -0.15) is 0 Å². The first-order valence-corrected chi connectivity index (χ1v) is 8.08. The third-order valence-corrected chi connectivity index (χ3v) is 4.79. The van der Waals surface area contributed by atoms with Crippen LogP contribution in [0, 0.1) is 0 Å². The average molecular weight is 330 g/mol. The Morgan fingerprint density at radius 2 is 1.65 bits per heavy atom. The maximum absolute atomic E-state index is 3.74. The molecule has 1 aliphatic rings. The molecule has 0 radical (unpaired) electrons. The molecule has 1 unspecified atom stereocenters. The van der Waals surface area contributed by atoms with Crippen molar-refractivity contribution < 1.29 is 0 Å². The fourth-order valence-electron chi connectivity index (χ4n) is 2.95. The van der Waals surface area contributed by atoms with Crippen molar-refractivity contribution in [3.63, 3.8) is 0 Å². The molecular weight excluding hydrogens is 310 g/mol. The van der Waals surface area contributed by atoms with Crippen molar-refractivity contribution in [2.75, 3.05) is 0 Å². The summed E-state index contributed by atoms with van der Waals surface area (Å²) in [5.41, 5.74) is 2.85. The van der Waals surface area contributed by atoms with E-state index in [0.29, 0.717) is 12.1 Å². The molecule has 1 aliphatic carbocycles. The Morgan fingerprint density at radius 1 is 1.00 bits per heavy atom. The quantitative estimate of drug-likeness (QED) is 0.827. The molecule has 1 fully saturated rings. The van der Waals surface area contributed by atoms with Gasteiger partial charge in [0.2, 0.25) is 0 Å². The number of halogens is 1. The first kappa shape index (κ1) is 13.8. The Balaban J connectivity index is 1.52. The second-order valence-corrected chi connectivity index (χ2v) is 6.63. The van der Waals surface area contributed by atoms with Gasteiger partial charge < -0.3 is 5.32 Å². The van der Waals surface area contributed by atoms with Crippen LogP contribution in [0.5, 0.6) is 0 Å². The number of hydrogen-bond acceptors (Lipinski definition) is 1. The van der Waals surface area contributed by atoms with Crippen LogP contribution < -0.4 is 5.32 Å². The predicted octanol–water partition coefficient (Wildman–Crippen LogP) is 5.05. The highest BCUT2D eigenvalue weighted by Crippen LogP contribution is 2.37. The van der Waals surface area contributed by atoms with Gasteiger partial charge in [-0.25, -0.2) is 0 Å².